The fourth-order valence-corrected chi connectivity index (χ4v) is 10.8. The van der Waals surface area contributed by atoms with Gasteiger partial charge in [0.1, 0.15) is 6.54 Å². The zero-order chi connectivity index (χ0) is 54.4. The van der Waals surface area contributed by atoms with Gasteiger partial charge in [-0.05, 0) is 63.8 Å². The summed E-state index contributed by atoms with van der Waals surface area (Å²) in [7, 11) is -22.3. The minimum Gasteiger partial charge on any atom is -0.478 e. The van der Waals surface area contributed by atoms with E-state index in [0.29, 0.717) is 11.4 Å². The number of esters is 3. The van der Waals surface area contributed by atoms with Crippen LogP contribution in [0.3, 0.4) is 0 Å². The first kappa shape index (κ1) is 59.4. The number of carbonyl (C=O) groups excluding carboxylic acids is 3. The van der Waals surface area contributed by atoms with Crippen LogP contribution in [0.25, 0.3) is 0 Å². The molecule has 2 aromatic rings. The summed E-state index contributed by atoms with van der Waals surface area (Å²) in [5.41, 5.74) is -2.58. The number of allylic oxidation sites excluding steroid dienone is 4. The highest BCUT2D eigenvalue weighted by molar-refractivity contribution is 7.86. The molecule has 0 amide bonds. The van der Waals surface area contributed by atoms with Crippen molar-refractivity contribution in [3.05, 3.63) is 81.6 Å². The van der Waals surface area contributed by atoms with E-state index in [2.05, 4.69) is 0 Å². The molecule has 6 N–H and O–H groups in total. The van der Waals surface area contributed by atoms with Crippen molar-refractivity contribution >= 4 is 91.6 Å². The zero-order valence-corrected chi connectivity index (χ0v) is 43.3. The van der Waals surface area contributed by atoms with Gasteiger partial charge in [-0.2, -0.15) is 46.7 Å². The summed E-state index contributed by atoms with van der Waals surface area (Å²) in [6, 6.07) is 4.73. The molecule has 2 aliphatic heterocycles. The lowest BCUT2D eigenvalue weighted by molar-refractivity contribution is -0.437. The van der Waals surface area contributed by atoms with E-state index in [-0.39, 0.29) is 89.9 Å². The van der Waals surface area contributed by atoms with Gasteiger partial charge in [-0.15, -0.1) is 0 Å². The summed E-state index contributed by atoms with van der Waals surface area (Å²) in [6.45, 7) is 4.64. The highest BCUT2D eigenvalue weighted by Gasteiger charge is 2.49. The Morgan fingerprint density at radius 2 is 1.00 bits per heavy atom. The molecule has 2 aromatic carbocycles. The van der Waals surface area contributed by atoms with Crippen LogP contribution in [0.15, 0.2) is 48.2 Å². The van der Waals surface area contributed by atoms with Crippen LogP contribution in [-0.4, -0.2) is 166 Å². The zero-order valence-electron chi connectivity index (χ0n) is 39.2. The normalized spacial score (nSPS) is 16.2. The van der Waals surface area contributed by atoms with E-state index in [1.165, 1.54) is 39.8 Å². The predicted molar refractivity (Wildman–Crippen MR) is 256 cm³/mol. The van der Waals surface area contributed by atoms with Crippen molar-refractivity contribution in [1.29, 1.82) is 0 Å². The highest BCUT2D eigenvalue weighted by atomic mass is 32.2. The molecule has 0 bridgehead atoms. The molecular weight excluding hydrogens is 1060 g/mol. The van der Waals surface area contributed by atoms with Crippen molar-refractivity contribution in [2.24, 2.45) is 0 Å². The molecular formula is C42H55N2O23S5+. The first-order valence-corrected chi connectivity index (χ1v) is 29.7. The van der Waals surface area contributed by atoms with Crippen LogP contribution in [-0.2, 0) is 75.6 Å². The third-order valence-electron chi connectivity index (χ3n) is 11.3. The molecule has 0 saturated heterocycles. The lowest BCUT2D eigenvalue weighted by atomic mass is 9.78. The Balaban J connectivity index is 1.93. The Labute approximate surface area is 416 Å². The van der Waals surface area contributed by atoms with Crippen molar-refractivity contribution in [3.8, 4) is 0 Å². The minimum atomic E-state index is -4.54. The fourth-order valence-electron chi connectivity index (χ4n) is 8.33. The van der Waals surface area contributed by atoms with Crippen molar-refractivity contribution in [3.63, 3.8) is 0 Å². The quantitative estimate of drug-likeness (QED) is 0.0259. The number of carbonyl (C=O) groups is 4. The molecule has 2 aliphatic rings. The number of fused-ring (bicyclic) bond motifs is 2. The van der Waals surface area contributed by atoms with E-state index in [1.807, 2.05) is 0 Å². The van der Waals surface area contributed by atoms with Gasteiger partial charge >= 0.3 is 23.9 Å². The third-order valence-corrected chi connectivity index (χ3v) is 15.3. The topological polar surface area (TPSA) is 394 Å². The molecule has 4 rings (SSSR count). The molecule has 30 heteroatoms. The van der Waals surface area contributed by atoms with E-state index < -0.39 is 134 Å². The minimum absolute atomic E-state index is 0.115. The van der Waals surface area contributed by atoms with E-state index in [4.69, 9.17) is 23.3 Å². The van der Waals surface area contributed by atoms with Crippen molar-refractivity contribution in [2.45, 2.75) is 70.6 Å². The van der Waals surface area contributed by atoms with Crippen molar-refractivity contribution in [1.82, 2.24) is 0 Å². The largest absolute Gasteiger partial charge is 0.478 e. The Morgan fingerprint density at radius 3 is 1.47 bits per heavy atom. The second-order valence-corrected chi connectivity index (χ2v) is 25.5. The van der Waals surface area contributed by atoms with Crippen LogP contribution in [0.4, 0.5) is 11.4 Å². The number of benzene rings is 2. The van der Waals surface area contributed by atoms with Gasteiger partial charge in [0.2, 0.25) is 5.69 Å². The van der Waals surface area contributed by atoms with Gasteiger partial charge in [0.05, 0.1) is 81.8 Å². The van der Waals surface area contributed by atoms with Gasteiger partial charge < -0.3 is 24.2 Å². The SMILES string of the molecule is CC1(C)C(/C=C/C=C2/N(CCCS(=O)(=O)O)c3cc(C(=O)OCCCS(=O)(=O)O)cc(C(=O)O)c3C2(C)C)=[N+](CCCS(=O)(=O)O)c2cc(C(=O)OCCCS(=O)(=O)O)cc(C(=O)OCCCS(=O)(=O)O)c21. The van der Waals surface area contributed by atoms with Crippen molar-refractivity contribution < 1.29 is 108 Å². The monoisotopic (exact) mass is 1120 g/mol. The van der Waals surface area contributed by atoms with E-state index in [9.17, 15) is 80.0 Å². The molecule has 2 heterocycles. The highest BCUT2D eigenvalue weighted by Crippen LogP contribution is 2.50. The van der Waals surface area contributed by atoms with Gasteiger partial charge in [-0.1, -0.05) is 19.9 Å². The van der Waals surface area contributed by atoms with Gasteiger partial charge in [-0.3, -0.25) is 22.8 Å². The number of hydrogen-bond acceptors (Lipinski definition) is 18. The summed E-state index contributed by atoms with van der Waals surface area (Å²) in [6.07, 6.45) is 3.09. The Kier molecular flexibility index (Phi) is 18.9. The van der Waals surface area contributed by atoms with Crippen LogP contribution in [0.2, 0.25) is 0 Å². The van der Waals surface area contributed by atoms with Gasteiger partial charge in [0.15, 0.2) is 5.71 Å². The number of carboxylic acids is 1. The van der Waals surface area contributed by atoms with Crippen LogP contribution >= 0.6 is 0 Å². The lowest BCUT2D eigenvalue weighted by Gasteiger charge is -2.27. The Bertz CT molecular complexity index is 3160. The molecule has 0 aromatic heterocycles. The molecule has 0 saturated carbocycles. The molecule has 0 spiro atoms. The summed E-state index contributed by atoms with van der Waals surface area (Å²) in [4.78, 5) is 55.0. The smallest absolute Gasteiger partial charge is 0.338 e. The number of nitrogens with zero attached hydrogens (tertiary/aromatic N) is 2. The predicted octanol–water partition coefficient (Wildman–Crippen LogP) is 2.86. The number of carboxylic acid groups (broad SMARTS) is 1. The summed E-state index contributed by atoms with van der Waals surface area (Å²) < 4.78 is 179. The second kappa shape index (κ2) is 22.9. The molecule has 0 atom stereocenters. The maximum Gasteiger partial charge on any atom is 0.338 e. The van der Waals surface area contributed by atoms with E-state index in [1.54, 1.807) is 27.7 Å². The van der Waals surface area contributed by atoms with Crippen LogP contribution in [0.5, 0.6) is 0 Å². The molecule has 0 aliphatic carbocycles. The van der Waals surface area contributed by atoms with E-state index >= 15 is 0 Å². The maximum absolute atomic E-state index is 13.9. The standard InChI is InChI=1S/C42H54N2O23S5/c1-41(2)33(43(13-6-18-68(50,51)52)31-25-27(23-29(35(31)41)37(45)46)38(47)65-15-8-20-70(56,57)58)11-5-12-34-42(3,4)36-30(40(49)67-17-10-22-72(62,63)64)24-28(39(48)66-16-9-21-71(59,60)61)26-32(36)44(34)14-7-19-69(53,54)55/h5,11-12,23-26H,6-10,13-22H2,1-4H3,(H5-,45,46,50,51,52,53,54,55,56,57,58,59,60,61,62,63,64)/p+1. The van der Waals surface area contributed by atoms with Crippen LogP contribution in [0, 0.1) is 0 Å². The van der Waals surface area contributed by atoms with Gasteiger partial charge in [0.25, 0.3) is 50.6 Å². The summed E-state index contributed by atoms with van der Waals surface area (Å²) in [5.74, 6) is -8.46. The number of ether oxygens (including phenoxy) is 3. The maximum atomic E-state index is 13.9. The average Bonchev–Trinajstić information content (AvgIpc) is 3.57. The second-order valence-electron chi connectivity index (χ2n) is 17.6. The Morgan fingerprint density at radius 1 is 0.569 bits per heavy atom. The van der Waals surface area contributed by atoms with Gasteiger partial charge in [-0.25, -0.2) is 19.2 Å². The van der Waals surface area contributed by atoms with Gasteiger partial charge in [0, 0.05) is 47.5 Å². The first-order valence-electron chi connectivity index (χ1n) is 21.6. The Hall–Kier alpha value is -5.18. The molecule has 0 unspecified atom stereocenters. The van der Waals surface area contributed by atoms with Crippen molar-refractivity contribution in [2.75, 3.05) is 66.6 Å². The number of aromatic carboxylic acids is 1. The van der Waals surface area contributed by atoms with Crippen LogP contribution < -0.4 is 4.90 Å². The summed E-state index contributed by atoms with van der Waals surface area (Å²) in [5, 5.41) is 10.5. The first-order chi connectivity index (χ1) is 32.9. The molecule has 25 nitrogen and oxygen atoms in total. The van der Waals surface area contributed by atoms with E-state index in [0.717, 1.165) is 12.1 Å². The fraction of sp³-hybridized carbons (Fsp3) is 0.500. The third kappa shape index (κ3) is 16.4. The number of rotatable bonds is 26. The number of anilines is 1. The number of hydrogen-bond donors (Lipinski definition) is 6. The molecule has 400 valence electrons. The molecule has 0 radical (unpaired) electrons. The molecule has 72 heavy (non-hydrogen) atoms. The van der Waals surface area contributed by atoms with Crippen LogP contribution in [0.1, 0.15) is 112 Å². The summed E-state index contributed by atoms with van der Waals surface area (Å²) >= 11 is 0. The average molecular weight is 1120 g/mol. The lowest BCUT2D eigenvalue weighted by Crippen LogP contribution is -2.30. The molecule has 0 fully saturated rings.